The van der Waals surface area contributed by atoms with Gasteiger partial charge in [0.1, 0.15) is 5.75 Å². The molecule has 8 nitrogen and oxygen atoms in total. The molecule has 0 saturated heterocycles. The third-order valence-electron chi connectivity index (χ3n) is 4.90. The lowest BCUT2D eigenvalue weighted by Gasteiger charge is -2.12. The number of ether oxygens (including phenoxy) is 1. The van der Waals surface area contributed by atoms with Crippen molar-refractivity contribution >= 4 is 28.7 Å². The summed E-state index contributed by atoms with van der Waals surface area (Å²) in [6.07, 6.45) is 0. The summed E-state index contributed by atoms with van der Waals surface area (Å²) < 4.78 is 8.24. The minimum atomic E-state index is -0.517. The number of nitrogens with zero attached hydrogens (tertiary/aromatic N) is 3. The molecule has 154 valence electrons. The van der Waals surface area contributed by atoms with E-state index in [0.29, 0.717) is 35.2 Å². The minimum Gasteiger partial charge on any atom is -0.497 e. The molecule has 9 heteroatoms. The van der Waals surface area contributed by atoms with Crippen molar-refractivity contribution in [1.29, 1.82) is 0 Å². The molecule has 0 bridgehead atoms. The number of imidazole rings is 1. The molecule has 0 aliphatic carbocycles. The SMILES string of the molecule is COc1ccc(CNc2nc3c(c(=O)[nH]c(=O)n3C)n2Cc2ccccc2Cl)cc1. The number of methoxy groups -OCH3 is 1. The molecule has 2 aromatic carbocycles. The maximum absolute atomic E-state index is 12.6. The van der Waals surface area contributed by atoms with Gasteiger partial charge >= 0.3 is 5.69 Å². The lowest BCUT2D eigenvalue weighted by molar-refractivity contribution is 0.414. The van der Waals surface area contributed by atoms with Crippen molar-refractivity contribution < 1.29 is 4.74 Å². The second-order valence-electron chi connectivity index (χ2n) is 6.81. The number of H-pyrrole nitrogens is 1. The summed E-state index contributed by atoms with van der Waals surface area (Å²) in [7, 11) is 3.19. The lowest BCUT2D eigenvalue weighted by Crippen LogP contribution is -2.29. The van der Waals surface area contributed by atoms with Gasteiger partial charge in [-0.3, -0.25) is 18.9 Å². The first kappa shape index (κ1) is 19.8. The summed E-state index contributed by atoms with van der Waals surface area (Å²) in [6.45, 7) is 0.796. The van der Waals surface area contributed by atoms with Crippen molar-refractivity contribution in [2.45, 2.75) is 13.1 Å². The summed E-state index contributed by atoms with van der Waals surface area (Å²) in [5.41, 5.74) is 1.43. The number of hydrogen-bond acceptors (Lipinski definition) is 5. The van der Waals surface area contributed by atoms with Gasteiger partial charge in [0.25, 0.3) is 5.56 Å². The second kappa shape index (κ2) is 8.08. The number of rotatable bonds is 6. The molecular weight excluding hydrogens is 406 g/mol. The number of anilines is 1. The van der Waals surface area contributed by atoms with Gasteiger partial charge in [0.15, 0.2) is 11.2 Å². The number of aromatic nitrogens is 4. The molecule has 0 atom stereocenters. The van der Waals surface area contributed by atoms with Crippen LogP contribution >= 0.6 is 11.6 Å². The van der Waals surface area contributed by atoms with Crippen molar-refractivity contribution in [3.8, 4) is 5.75 Å². The number of fused-ring (bicyclic) bond motifs is 1. The van der Waals surface area contributed by atoms with Gasteiger partial charge in [0.05, 0.1) is 13.7 Å². The van der Waals surface area contributed by atoms with E-state index >= 15 is 0 Å². The van der Waals surface area contributed by atoms with E-state index in [1.54, 1.807) is 24.8 Å². The molecule has 4 rings (SSSR count). The Morgan fingerprint density at radius 1 is 1.13 bits per heavy atom. The molecule has 4 aromatic rings. The second-order valence-corrected chi connectivity index (χ2v) is 7.21. The Hall–Kier alpha value is -3.52. The molecule has 2 heterocycles. The van der Waals surface area contributed by atoms with E-state index < -0.39 is 11.2 Å². The van der Waals surface area contributed by atoms with Gasteiger partial charge in [0.2, 0.25) is 5.95 Å². The van der Waals surface area contributed by atoms with Gasteiger partial charge in [0, 0.05) is 18.6 Å². The maximum atomic E-state index is 12.6. The van der Waals surface area contributed by atoms with Crippen molar-refractivity contribution in [3.63, 3.8) is 0 Å². The Labute approximate surface area is 176 Å². The van der Waals surface area contributed by atoms with Crippen molar-refractivity contribution in [2.24, 2.45) is 7.05 Å². The molecule has 0 spiro atoms. The van der Waals surface area contributed by atoms with Gasteiger partial charge in [-0.2, -0.15) is 4.98 Å². The smallest absolute Gasteiger partial charge is 0.329 e. The number of aryl methyl sites for hydroxylation is 1. The summed E-state index contributed by atoms with van der Waals surface area (Å²) in [5.74, 6) is 1.23. The van der Waals surface area contributed by atoms with Crippen LogP contribution in [-0.2, 0) is 20.1 Å². The van der Waals surface area contributed by atoms with E-state index in [-0.39, 0.29) is 0 Å². The van der Waals surface area contributed by atoms with Crippen LogP contribution in [0.4, 0.5) is 5.95 Å². The van der Waals surface area contributed by atoms with E-state index in [4.69, 9.17) is 16.3 Å². The van der Waals surface area contributed by atoms with Crippen LogP contribution in [-0.4, -0.2) is 26.2 Å². The fourth-order valence-corrected chi connectivity index (χ4v) is 3.44. The predicted octanol–water partition coefficient (Wildman–Crippen LogP) is 2.75. The standard InChI is InChI=1S/C21H20ClN5O3/c1-26-18-17(19(28)25-21(26)29)27(12-14-5-3-4-6-16(14)22)20(24-18)23-11-13-7-9-15(30-2)10-8-13/h3-10H,11-12H2,1-2H3,(H,23,24)(H,25,28,29). The quantitative estimate of drug-likeness (QED) is 0.495. The average molecular weight is 426 g/mol. The maximum Gasteiger partial charge on any atom is 0.329 e. The largest absolute Gasteiger partial charge is 0.497 e. The molecule has 0 unspecified atom stereocenters. The fourth-order valence-electron chi connectivity index (χ4n) is 3.24. The van der Waals surface area contributed by atoms with Crippen molar-refractivity contribution in [3.05, 3.63) is 85.5 Å². The fraction of sp³-hybridized carbons (Fsp3) is 0.190. The first-order valence-corrected chi connectivity index (χ1v) is 9.65. The summed E-state index contributed by atoms with van der Waals surface area (Å²) in [4.78, 5) is 31.5. The van der Waals surface area contributed by atoms with E-state index in [1.165, 1.54) is 4.57 Å². The molecule has 0 amide bonds. The predicted molar refractivity (Wildman–Crippen MR) is 116 cm³/mol. The van der Waals surface area contributed by atoms with E-state index in [2.05, 4.69) is 15.3 Å². The molecule has 0 fully saturated rings. The van der Waals surface area contributed by atoms with Crippen LogP contribution in [0.2, 0.25) is 5.02 Å². The van der Waals surface area contributed by atoms with Gasteiger partial charge in [-0.25, -0.2) is 4.79 Å². The lowest BCUT2D eigenvalue weighted by atomic mass is 10.2. The van der Waals surface area contributed by atoms with Crippen LogP contribution in [0.15, 0.2) is 58.1 Å². The van der Waals surface area contributed by atoms with Gasteiger partial charge < -0.3 is 10.1 Å². The van der Waals surface area contributed by atoms with E-state index in [0.717, 1.165) is 16.9 Å². The molecule has 2 aromatic heterocycles. The Kier molecular flexibility index (Phi) is 5.33. The monoisotopic (exact) mass is 425 g/mol. The molecule has 0 aliphatic rings. The summed E-state index contributed by atoms with van der Waals surface area (Å²) >= 11 is 6.34. The highest BCUT2D eigenvalue weighted by atomic mass is 35.5. The summed E-state index contributed by atoms with van der Waals surface area (Å²) in [5, 5.41) is 3.85. The van der Waals surface area contributed by atoms with Gasteiger partial charge in [-0.1, -0.05) is 41.9 Å². The molecule has 0 saturated carbocycles. The van der Waals surface area contributed by atoms with Crippen LogP contribution in [0, 0.1) is 0 Å². The Balaban J connectivity index is 1.78. The minimum absolute atomic E-state index is 0.299. The number of aromatic amines is 1. The van der Waals surface area contributed by atoms with Crippen LogP contribution in [0.1, 0.15) is 11.1 Å². The van der Waals surface area contributed by atoms with Gasteiger partial charge in [-0.15, -0.1) is 0 Å². The molecule has 2 N–H and O–H groups in total. The first-order valence-electron chi connectivity index (χ1n) is 9.27. The molecule has 0 aliphatic heterocycles. The number of nitrogens with one attached hydrogen (secondary N) is 2. The zero-order valence-corrected chi connectivity index (χ0v) is 17.2. The van der Waals surface area contributed by atoms with E-state index in [1.807, 2.05) is 42.5 Å². The zero-order chi connectivity index (χ0) is 21.3. The molecular formula is C21H20ClN5O3. The first-order chi connectivity index (χ1) is 14.5. The number of benzene rings is 2. The van der Waals surface area contributed by atoms with Crippen LogP contribution in [0.3, 0.4) is 0 Å². The normalized spacial score (nSPS) is 11.0. The highest BCUT2D eigenvalue weighted by Crippen LogP contribution is 2.22. The van der Waals surface area contributed by atoms with Crippen LogP contribution in [0.5, 0.6) is 5.75 Å². The van der Waals surface area contributed by atoms with Crippen LogP contribution < -0.4 is 21.3 Å². The van der Waals surface area contributed by atoms with Crippen molar-refractivity contribution in [1.82, 2.24) is 19.1 Å². The average Bonchev–Trinajstić information content (AvgIpc) is 3.11. The number of hydrogen-bond donors (Lipinski definition) is 2. The highest BCUT2D eigenvalue weighted by Gasteiger charge is 2.18. The molecule has 0 radical (unpaired) electrons. The Morgan fingerprint density at radius 2 is 1.87 bits per heavy atom. The molecule has 30 heavy (non-hydrogen) atoms. The summed E-state index contributed by atoms with van der Waals surface area (Å²) in [6, 6.07) is 15.0. The third-order valence-corrected chi connectivity index (χ3v) is 5.27. The highest BCUT2D eigenvalue weighted by molar-refractivity contribution is 6.31. The Morgan fingerprint density at radius 3 is 2.57 bits per heavy atom. The van der Waals surface area contributed by atoms with Crippen molar-refractivity contribution in [2.75, 3.05) is 12.4 Å². The van der Waals surface area contributed by atoms with Gasteiger partial charge in [-0.05, 0) is 29.3 Å². The number of halogens is 1. The van der Waals surface area contributed by atoms with E-state index in [9.17, 15) is 9.59 Å². The van der Waals surface area contributed by atoms with Crippen LogP contribution in [0.25, 0.3) is 11.2 Å². The topological polar surface area (TPSA) is 93.9 Å². The zero-order valence-electron chi connectivity index (χ0n) is 16.5. The third kappa shape index (κ3) is 3.69. The Bertz CT molecular complexity index is 1320.